The maximum atomic E-state index is 11.1. The van der Waals surface area contributed by atoms with Gasteiger partial charge in [0.05, 0.1) is 0 Å². The second-order valence-electron chi connectivity index (χ2n) is 4.21. The van der Waals surface area contributed by atoms with Crippen molar-refractivity contribution in [3.05, 3.63) is 0 Å². The first-order valence-electron chi connectivity index (χ1n) is 5.63. The Labute approximate surface area is 92.7 Å². The lowest BCUT2D eigenvalue weighted by molar-refractivity contribution is -0.144. The molecule has 0 saturated heterocycles. The molecule has 0 aliphatic rings. The van der Waals surface area contributed by atoms with Crippen LogP contribution >= 0.6 is 0 Å². The largest absolute Gasteiger partial charge is 0.480 e. The minimum absolute atomic E-state index is 0.665. The minimum Gasteiger partial charge on any atom is -0.480 e. The lowest BCUT2D eigenvalue weighted by Crippen LogP contribution is -2.51. The van der Waals surface area contributed by atoms with Crippen molar-refractivity contribution >= 4 is 5.97 Å². The van der Waals surface area contributed by atoms with Crippen LogP contribution in [0.1, 0.15) is 33.6 Å². The Bertz CT molecular complexity index is 197. The van der Waals surface area contributed by atoms with E-state index in [-0.39, 0.29) is 0 Å². The van der Waals surface area contributed by atoms with Crippen LogP contribution in [0.15, 0.2) is 0 Å². The van der Waals surface area contributed by atoms with Crippen molar-refractivity contribution < 1.29 is 9.90 Å². The second-order valence-corrected chi connectivity index (χ2v) is 4.21. The number of aliphatic carboxylic acids is 1. The zero-order valence-corrected chi connectivity index (χ0v) is 10.3. The number of carboxylic acid groups (broad SMARTS) is 1. The van der Waals surface area contributed by atoms with Gasteiger partial charge in [-0.05, 0) is 26.9 Å². The fourth-order valence-corrected chi connectivity index (χ4v) is 1.45. The summed E-state index contributed by atoms with van der Waals surface area (Å²) in [6.07, 6.45) is 1.54. The monoisotopic (exact) mass is 216 g/mol. The smallest absolute Gasteiger partial charge is 0.323 e. The van der Waals surface area contributed by atoms with Crippen molar-refractivity contribution in [2.24, 2.45) is 0 Å². The molecule has 0 rings (SSSR count). The summed E-state index contributed by atoms with van der Waals surface area (Å²) in [6.45, 7) is 8.42. The lowest BCUT2D eigenvalue weighted by atomic mass is 9.96. The Morgan fingerprint density at radius 1 is 1.47 bits per heavy atom. The van der Waals surface area contributed by atoms with Gasteiger partial charge in [0.15, 0.2) is 0 Å². The molecule has 0 aliphatic carbocycles. The van der Waals surface area contributed by atoms with Crippen molar-refractivity contribution in [2.45, 2.75) is 39.2 Å². The molecule has 0 fully saturated rings. The van der Waals surface area contributed by atoms with Gasteiger partial charge in [-0.2, -0.15) is 0 Å². The van der Waals surface area contributed by atoms with E-state index in [9.17, 15) is 4.79 Å². The first-order chi connectivity index (χ1) is 6.96. The van der Waals surface area contributed by atoms with E-state index in [4.69, 9.17) is 5.11 Å². The zero-order chi connectivity index (χ0) is 11.9. The Hall–Kier alpha value is -0.610. The molecule has 0 aromatic rings. The molecule has 0 spiro atoms. The molecular weight excluding hydrogens is 192 g/mol. The van der Waals surface area contributed by atoms with E-state index in [1.165, 1.54) is 0 Å². The maximum absolute atomic E-state index is 11.1. The Morgan fingerprint density at radius 2 is 2.07 bits per heavy atom. The average Bonchev–Trinajstić information content (AvgIpc) is 2.17. The molecule has 15 heavy (non-hydrogen) atoms. The SMILES string of the molecule is CCCC(C)(NCCN(C)CC)C(=O)O. The second kappa shape index (κ2) is 6.80. The van der Waals surface area contributed by atoms with Crippen LogP contribution in [0.2, 0.25) is 0 Å². The lowest BCUT2D eigenvalue weighted by Gasteiger charge is -2.27. The van der Waals surface area contributed by atoms with E-state index < -0.39 is 11.5 Å². The molecule has 0 bridgehead atoms. The third-order valence-electron chi connectivity index (χ3n) is 2.77. The van der Waals surface area contributed by atoms with Crippen LogP contribution in [0.3, 0.4) is 0 Å². The number of rotatable bonds is 8. The molecule has 0 radical (unpaired) electrons. The Kier molecular flexibility index (Phi) is 6.52. The van der Waals surface area contributed by atoms with E-state index in [2.05, 4.69) is 17.1 Å². The van der Waals surface area contributed by atoms with Gasteiger partial charge in [0.2, 0.25) is 0 Å². The molecular formula is C11H24N2O2. The molecule has 4 nitrogen and oxygen atoms in total. The van der Waals surface area contributed by atoms with Gasteiger partial charge in [-0.1, -0.05) is 20.3 Å². The predicted octanol–water partition coefficient (Wildman–Crippen LogP) is 1.17. The third kappa shape index (κ3) is 5.14. The van der Waals surface area contributed by atoms with Crippen LogP contribution in [0, 0.1) is 0 Å². The molecule has 1 atom stereocenters. The normalized spacial score (nSPS) is 15.3. The highest BCUT2D eigenvalue weighted by atomic mass is 16.4. The number of likely N-dealkylation sites (N-methyl/N-ethyl adjacent to an activating group) is 1. The third-order valence-corrected chi connectivity index (χ3v) is 2.77. The van der Waals surface area contributed by atoms with Crippen LogP contribution in [0.4, 0.5) is 0 Å². The van der Waals surface area contributed by atoms with Crippen molar-refractivity contribution in [1.82, 2.24) is 10.2 Å². The summed E-state index contributed by atoms with van der Waals surface area (Å²) >= 11 is 0. The fourth-order valence-electron chi connectivity index (χ4n) is 1.45. The van der Waals surface area contributed by atoms with Gasteiger partial charge in [0.25, 0.3) is 0 Å². The van der Waals surface area contributed by atoms with E-state index in [1.54, 1.807) is 6.92 Å². The van der Waals surface area contributed by atoms with Crippen LogP contribution in [-0.4, -0.2) is 48.2 Å². The van der Waals surface area contributed by atoms with Gasteiger partial charge in [-0.3, -0.25) is 4.79 Å². The van der Waals surface area contributed by atoms with Gasteiger partial charge < -0.3 is 15.3 Å². The van der Waals surface area contributed by atoms with Gasteiger partial charge in [-0.15, -0.1) is 0 Å². The van der Waals surface area contributed by atoms with Gasteiger partial charge in [0.1, 0.15) is 5.54 Å². The number of nitrogens with one attached hydrogen (secondary N) is 1. The summed E-state index contributed by atoms with van der Waals surface area (Å²) in [4.78, 5) is 13.2. The highest BCUT2D eigenvalue weighted by Crippen LogP contribution is 2.11. The van der Waals surface area contributed by atoms with Crippen LogP contribution in [0.5, 0.6) is 0 Å². The first kappa shape index (κ1) is 14.4. The molecule has 4 heteroatoms. The topological polar surface area (TPSA) is 52.6 Å². The fraction of sp³-hybridized carbons (Fsp3) is 0.909. The molecule has 0 heterocycles. The standard InChI is InChI=1S/C11H24N2O2/c1-5-7-11(3,10(14)15)12-8-9-13(4)6-2/h12H,5-9H2,1-4H3,(H,14,15). The molecule has 1 unspecified atom stereocenters. The number of nitrogens with zero attached hydrogens (tertiary/aromatic N) is 1. The number of carbonyl (C=O) groups is 1. The molecule has 0 amide bonds. The Balaban J connectivity index is 4.02. The van der Waals surface area contributed by atoms with Gasteiger partial charge >= 0.3 is 5.97 Å². The first-order valence-corrected chi connectivity index (χ1v) is 5.63. The predicted molar refractivity (Wildman–Crippen MR) is 62.1 cm³/mol. The van der Waals surface area contributed by atoms with Crippen molar-refractivity contribution in [1.29, 1.82) is 0 Å². The van der Waals surface area contributed by atoms with Gasteiger partial charge in [0, 0.05) is 13.1 Å². The van der Waals surface area contributed by atoms with Crippen molar-refractivity contribution in [3.8, 4) is 0 Å². The van der Waals surface area contributed by atoms with Crippen LogP contribution in [0.25, 0.3) is 0 Å². The van der Waals surface area contributed by atoms with Crippen LogP contribution < -0.4 is 5.32 Å². The molecule has 0 saturated carbocycles. The highest BCUT2D eigenvalue weighted by molar-refractivity contribution is 5.78. The number of hydrogen-bond acceptors (Lipinski definition) is 3. The van der Waals surface area contributed by atoms with E-state index >= 15 is 0 Å². The quantitative estimate of drug-likeness (QED) is 0.639. The summed E-state index contributed by atoms with van der Waals surface area (Å²) in [5.74, 6) is -0.761. The highest BCUT2D eigenvalue weighted by Gasteiger charge is 2.30. The molecule has 2 N–H and O–H groups in total. The summed E-state index contributed by atoms with van der Waals surface area (Å²) in [5, 5.41) is 12.2. The molecule has 90 valence electrons. The average molecular weight is 216 g/mol. The molecule has 0 aromatic heterocycles. The van der Waals surface area contributed by atoms with E-state index in [0.29, 0.717) is 13.0 Å². The van der Waals surface area contributed by atoms with Crippen LogP contribution in [-0.2, 0) is 4.79 Å². The van der Waals surface area contributed by atoms with Crippen molar-refractivity contribution in [2.75, 3.05) is 26.7 Å². The van der Waals surface area contributed by atoms with E-state index in [1.807, 2.05) is 14.0 Å². The molecule has 0 aromatic carbocycles. The summed E-state index contributed by atoms with van der Waals surface area (Å²) in [7, 11) is 2.03. The summed E-state index contributed by atoms with van der Waals surface area (Å²) < 4.78 is 0. The van der Waals surface area contributed by atoms with Gasteiger partial charge in [-0.25, -0.2) is 0 Å². The maximum Gasteiger partial charge on any atom is 0.323 e. The van der Waals surface area contributed by atoms with Crippen molar-refractivity contribution in [3.63, 3.8) is 0 Å². The Morgan fingerprint density at radius 3 is 2.47 bits per heavy atom. The molecule has 0 aliphatic heterocycles. The zero-order valence-electron chi connectivity index (χ0n) is 10.3. The number of hydrogen-bond donors (Lipinski definition) is 2. The number of carboxylic acids is 1. The minimum atomic E-state index is -0.774. The van der Waals surface area contributed by atoms with E-state index in [0.717, 1.165) is 19.5 Å². The summed E-state index contributed by atoms with van der Waals surface area (Å²) in [6, 6.07) is 0. The summed E-state index contributed by atoms with van der Waals surface area (Å²) in [5.41, 5.74) is -0.774.